The molecule has 2 amide bonds. The molecular formula is C23H31ClN4O4. The molecular weight excluding hydrogens is 432 g/mol. The fourth-order valence-electron chi connectivity index (χ4n) is 3.44. The molecule has 3 rings (SSSR count). The molecule has 9 heteroatoms. The summed E-state index contributed by atoms with van der Waals surface area (Å²) in [5, 5.41) is 5.01. The summed E-state index contributed by atoms with van der Waals surface area (Å²) < 4.78 is 10.9. The van der Waals surface area contributed by atoms with Crippen molar-refractivity contribution in [3.8, 4) is 0 Å². The Morgan fingerprint density at radius 3 is 2.19 bits per heavy atom. The topological polar surface area (TPSA) is 84.0 Å². The van der Waals surface area contributed by atoms with Crippen molar-refractivity contribution in [3.05, 3.63) is 29.4 Å². The predicted molar refractivity (Wildman–Crippen MR) is 127 cm³/mol. The van der Waals surface area contributed by atoms with Crippen molar-refractivity contribution in [2.24, 2.45) is 0 Å². The van der Waals surface area contributed by atoms with Crippen LogP contribution in [0.2, 0.25) is 5.02 Å². The zero-order chi connectivity index (χ0) is 23.7. The molecule has 2 aromatic rings. The molecule has 1 aliphatic heterocycles. The minimum Gasteiger partial charge on any atom is -0.444 e. The number of nitrogens with one attached hydrogen (secondary N) is 1. The van der Waals surface area contributed by atoms with Gasteiger partial charge < -0.3 is 19.3 Å². The van der Waals surface area contributed by atoms with Crippen LogP contribution in [0.5, 0.6) is 0 Å². The molecule has 1 aromatic heterocycles. The number of amides is 2. The van der Waals surface area contributed by atoms with Crippen LogP contribution in [0.3, 0.4) is 0 Å². The van der Waals surface area contributed by atoms with Crippen LogP contribution in [0.15, 0.2) is 24.4 Å². The second-order valence-electron chi connectivity index (χ2n) is 9.74. The first-order chi connectivity index (χ1) is 14.8. The van der Waals surface area contributed by atoms with Gasteiger partial charge in [-0.05, 0) is 47.6 Å². The van der Waals surface area contributed by atoms with Crippen LogP contribution >= 0.6 is 11.6 Å². The number of nitrogens with zero attached hydrogens (tertiary/aromatic N) is 3. The Bertz CT molecular complexity index is 1010. The first kappa shape index (κ1) is 23.9. The number of aromatic nitrogens is 1. The van der Waals surface area contributed by atoms with Crippen LogP contribution in [0, 0.1) is 0 Å². The molecule has 0 bridgehead atoms. The van der Waals surface area contributed by atoms with E-state index in [2.05, 4.69) is 15.2 Å². The average Bonchev–Trinajstić information content (AvgIpc) is 2.65. The molecule has 1 N–H and O–H groups in total. The van der Waals surface area contributed by atoms with E-state index in [1.165, 1.54) is 0 Å². The highest BCUT2D eigenvalue weighted by Gasteiger charge is 2.29. The summed E-state index contributed by atoms with van der Waals surface area (Å²) in [5.41, 5.74) is -0.432. The zero-order valence-corrected chi connectivity index (χ0v) is 20.2. The number of rotatable bonds is 2. The maximum atomic E-state index is 12.5. The number of carbonyl (C=O) groups excluding carboxylic acids is 2. The Morgan fingerprint density at radius 1 is 0.969 bits per heavy atom. The lowest BCUT2D eigenvalue weighted by Crippen LogP contribution is -2.50. The maximum Gasteiger partial charge on any atom is 0.413 e. The normalized spacial score (nSPS) is 15.0. The van der Waals surface area contributed by atoms with Crippen LogP contribution in [0.25, 0.3) is 10.8 Å². The van der Waals surface area contributed by atoms with Crippen molar-refractivity contribution >= 4 is 46.1 Å². The molecule has 0 unspecified atom stereocenters. The Kier molecular flexibility index (Phi) is 6.74. The fraction of sp³-hybridized carbons (Fsp3) is 0.522. The molecule has 1 aliphatic rings. The molecule has 174 valence electrons. The third-order valence-corrected chi connectivity index (χ3v) is 5.05. The van der Waals surface area contributed by atoms with Gasteiger partial charge in [-0.1, -0.05) is 23.7 Å². The van der Waals surface area contributed by atoms with E-state index in [1.807, 2.05) is 32.9 Å². The minimum atomic E-state index is -0.635. The molecule has 0 radical (unpaired) electrons. The van der Waals surface area contributed by atoms with Crippen LogP contribution in [0.1, 0.15) is 41.5 Å². The summed E-state index contributed by atoms with van der Waals surface area (Å²) in [6, 6.07) is 5.61. The van der Waals surface area contributed by atoms with Crippen LogP contribution < -0.4 is 10.2 Å². The molecule has 0 atom stereocenters. The SMILES string of the molecule is CC(C)(C)OC(=O)Nc1ncc2c(Cl)cccc2c1N1CCN(C(=O)OC(C)(C)C)CC1. The lowest BCUT2D eigenvalue weighted by atomic mass is 10.1. The first-order valence-electron chi connectivity index (χ1n) is 10.6. The number of anilines is 2. The van der Waals surface area contributed by atoms with Crippen molar-refractivity contribution in [1.29, 1.82) is 0 Å². The van der Waals surface area contributed by atoms with E-state index in [9.17, 15) is 9.59 Å². The minimum absolute atomic E-state index is 0.330. The first-order valence-corrected chi connectivity index (χ1v) is 11.0. The van der Waals surface area contributed by atoms with Gasteiger partial charge in [0.25, 0.3) is 0 Å². The second-order valence-corrected chi connectivity index (χ2v) is 10.1. The monoisotopic (exact) mass is 462 g/mol. The molecule has 0 aliphatic carbocycles. The Balaban J connectivity index is 1.88. The van der Waals surface area contributed by atoms with Gasteiger partial charge in [0.15, 0.2) is 5.82 Å². The van der Waals surface area contributed by atoms with Crippen molar-refractivity contribution in [2.45, 2.75) is 52.7 Å². The number of piperazine rings is 1. The van der Waals surface area contributed by atoms with Crippen LogP contribution in [-0.2, 0) is 9.47 Å². The summed E-state index contributed by atoms with van der Waals surface area (Å²) in [5.74, 6) is 0.389. The van der Waals surface area contributed by atoms with Gasteiger partial charge >= 0.3 is 12.2 Å². The molecule has 1 aromatic carbocycles. The second kappa shape index (κ2) is 9.02. The zero-order valence-electron chi connectivity index (χ0n) is 19.5. The van der Waals surface area contributed by atoms with Gasteiger partial charge in [0.2, 0.25) is 0 Å². The Hall–Kier alpha value is -2.74. The van der Waals surface area contributed by atoms with Gasteiger partial charge in [-0.25, -0.2) is 14.6 Å². The van der Waals surface area contributed by atoms with Gasteiger partial charge in [-0.3, -0.25) is 5.32 Å². The van der Waals surface area contributed by atoms with Crippen molar-refractivity contribution in [1.82, 2.24) is 9.88 Å². The van der Waals surface area contributed by atoms with E-state index in [4.69, 9.17) is 21.1 Å². The quantitative estimate of drug-likeness (QED) is 0.652. The summed E-state index contributed by atoms with van der Waals surface area (Å²) in [6.45, 7) is 13.0. The average molecular weight is 463 g/mol. The molecule has 0 saturated carbocycles. The lowest BCUT2D eigenvalue weighted by Gasteiger charge is -2.37. The number of halogens is 1. The number of pyridine rings is 1. The third kappa shape index (κ3) is 5.94. The molecule has 8 nitrogen and oxygen atoms in total. The summed E-state index contributed by atoms with van der Waals surface area (Å²) >= 11 is 6.40. The van der Waals surface area contributed by atoms with Gasteiger partial charge in [-0.15, -0.1) is 0 Å². The molecule has 32 heavy (non-hydrogen) atoms. The summed E-state index contributed by atoms with van der Waals surface area (Å²) in [4.78, 5) is 33.2. The number of hydrogen-bond acceptors (Lipinski definition) is 6. The molecule has 1 saturated heterocycles. The van der Waals surface area contributed by atoms with Crippen LogP contribution in [0.4, 0.5) is 21.1 Å². The molecule has 0 spiro atoms. The summed E-state index contributed by atoms with van der Waals surface area (Å²) in [6.07, 6.45) is 0.730. The van der Waals surface area contributed by atoms with E-state index >= 15 is 0 Å². The standard InChI is InChI=1S/C23H31ClN4O4/c1-22(2,3)31-20(29)26-19-18(15-8-7-9-17(24)16(15)14-25-19)27-10-12-28(13-11-27)21(30)32-23(4,5)6/h7-9,14H,10-13H2,1-6H3,(H,25,26,29). The molecule has 1 fully saturated rings. The highest BCUT2D eigenvalue weighted by molar-refractivity contribution is 6.36. The predicted octanol–water partition coefficient (Wildman–Crippen LogP) is 5.29. The largest absolute Gasteiger partial charge is 0.444 e. The number of carbonyl (C=O) groups is 2. The van der Waals surface area contributed by atoms with Crippen LogP contribution in [-0.4, -0.2) is 59.5 Å². The van der Waals surface area contributed by atoms with E-state index < -0.39 is 17.3 Å². The Morgan fingerprint density at radius 2 is 1.59 bits per heavy atom. The Labute approximate surface area is 193 Å². The van der Waals surface area contributed by atoms with Gasteiger partial charge in [0.1, 0.15) is 11.2 Å². The number of fused-ring (bicyclic) bond motifs is 1. The van der Waals surface area contributed by atoms with E-state index in [0.717, 1.165) is 16.5 Å². The molecule has 2 heterocycles. The highest BCUT2D eigenvalue weighted by atomic mass is 35.5. The lowest BCUT2D eigenvalue weighted by molar-refractivity contribution is 0.0240. The van der Waals surface area contributed by atoms with Crippen molar-refractivity contribution in [3.63, 3.8) is 0 Å². The fourth-order valence-corrected chi connectivity index (χ4v) is 3.67. The number of hydrogen-bond donors (Lipinski definition) is 1. The maximum absolute atomic E-state index is 12.5. The van der Waals surface area contributed by atoms with E-state index in [0.29, 0.717) is 37.0 Å². The van der Waals surface area contributed by atoms with Crippen molar-refractivity contribution in [2.75, 3.05) is 36.4 Å². The summed E-state index contributed by atoms with van der Waals surface area (Å²) in [7, 11) is 0. The van der Waals surface area contributed by atoms with Gasteiger partial charge in [0, 0.05) is 43.1 Å². The third-order valence-electron chi connectivity index (χ3n) is 4.72. The van der Waals surface area contributed by atoms with E-state index in [-0.39, 0.29) is 6.09 Å². The van der Waals surface area contributed by atoms with Gasteiger partial charge in [-0.2, -0.15) is 0 Å². The number of ether oxygens (including phenoxy) is 2. The van der Waals surface area contributed by atoms with Gasteiger partial charge in [0.05, 0.1) is 10.7 Å². The highest BCUT2D eigenvalue weighted by Crippen LogP contribution is 2.36. The van der Waals surface area contributed by atoms with Crippen molar-refractivity contribution < 1.29 is 19.1 Å². The number of benzene rings is 1. The van der Waals surface area contributed by atoms with E-state index in [1.54, 1.807) is 37.9 Å². The smallest absolute Gasteiger partial charge is 0.413 e.